The summed E-state index contributed by atoms with van der Waals surface area (Å²) >= 11 is 1.85. The van der Waals surface area contributed by atoms with E-state index in [2.05, 4.69) is 37.9 Å². The summed E-state index contributed by atoms with van der Waals surface area (Å²) in [6.07, 6.45) is 3.31. The molecule has 0 aliphatic carbocycles. The molecule has 0 amide bonds. The lowest BCUT2D eigenvalue weighted by molar-refractivity contribution is 0.152. The molecule has 5 heteroatoms. The molecule has 2 heterocycles. The summed E-state index contributed by atoms with van der Waals surface area (Å²) in [6, 6.07) is 0. The van der Waals surface area contributed by atoms with Crippen molar-refractivity contribution in [2.24, 2.45) is 0 Å². The Labute approximate surface area is 132 Å². The van der Waals surface area contributed by atoms with Gasteiger partial charge >= 0.3 is 0 Å². The van der Waals surface area contributed by atoms with E-state index in [-0.39, 0.29) is 5.54 Å². The van der Waals surface area contributed by atoms with Gasteiger partial charge in [-0.2, -0.15) is 0 Å². The number of thiazole rings is 1. The second-order valence-corrected chi connectivity index (χ2v) is 7.73. The molecule has 0 bridgehead atoms. The number of rotatable bonds is 5. The lowest BCUT2D eigenvalue weighted by atomic mass is 10.1. The van der Waals surface area contributed by atoms with Crippen LogP contribution in [0.2, 0.25) is 0 Å². The molecule has 0 spiro atoms. The van der Waals surface area contributed by atoms with Crippen molar-refractivity contribution in [1.29, 1.82) is 0 Å². The molecule has 1 aliphatic rings. The van der Waals surface area contributed by atoms with Crippen molar-refractivity contribution in [3.8, 4) is 0 Å². The van der Waals surface area contributed by atoms with E-state index >= 15 is 0 Å². The standard InChI is InChI=1S/C16H29N3OS/c1-5-7-13-14(12-17-16(2,3)4)21-15(18-13)19-8-6-10-20-11-9-19/h17H,5-12H2,1-4H3. The van der Waals surface area contributed by atoms with Crippen LogP contribution in [0.25, 0.3) is 0 Å². The van der Waals surface area contributed by atoms with Crippen LogP contribution in [0.15, 0.2) is 0 Å². The molecule has 1 fully saturated rings. The first kappa shape index (κ1) is 16.7. The van der Waals surface area contributed by atoms with Crippen LogP contribution in [-0.4, -0.2) is 36.8 Å². The molecule has 1 aromatic rings. The molecule has 1 aromatic heterocycles. The highest BCUT2D eigenvalue weighted by atomic mass is 32.1. The predicted molar refractivity (Wildman–Crippen MR) is 90.4 cm³/mol. The fourth-order valence-corrected chi connectivity index (χ4v) is 3.46. The van der Waals surface area contributed by atoms with Crippen LogP contribution in [-0.2, 0) is 17.7 Å². The SMILES string of the molecule is CCCc1nc(N2CCCOCC2)sc1CNC(C)(C)C. The van der Waals surface area contributed by atoms with Gasteiger partial charge in [0.2, 0.25) is 0 Å². The van der Waals surface area contributed by atoms with Gasteiger partial charge in [0.25, 0.3) is 0 Å². The van der Waals surface area contributed by atoms with E-state index in [4.69, 9.17) is 9.72 Å². The van der Waals surface area contributed by atoms with Gasteiger partial charge in [-0.05, 0) is 33.6 Å². The smallest absolute Gasteiger partial charge is 0.185 e. The third kappa shape index (κ3) is 5.24. The van der Waals surface area contributed by atoms with E-state index in [1.807, 2.05) is 11.3 Å². The molecule has 2 rings (SSSR count). The number of aromatic nitrogens is 1. The van der Waals surface area contributed by atoms with Gasteiger partial charge in [0, 0.05) is 36.7 Å². The minimum Gasteiger partial charge on any atom is -0.380 e. The Kier molecular flexibility index (Phi) is 6.02. The molecule has 1 aliphatic heterocycles. The second kappa shape index (κ2) is 7.56. The Morgan fingerprint density at radius 1 is 1.29 bits per heavy atom. The number of hydrogen-bond acceptors (Lipinski definition) is 5. The zero-order chi connectivity index (χ0) is 15.3. The Balaban J connectivity index is 2.11. The third-order valence-electron chi connectivity index (χ3n) is 3.53. The van der Waals surface area contributed by atoms with Crippen LogP contribution < -0.4 is 10.2 Å². The van der Waals surface area contributed by atoms with E-state index in [0.29, 0.717) is 0 Å². The van der Waals surface area contributed by atoms with E-state index in [0.717, 1.165) is 52.1 Å². The maximum Gasteiger partial charge on any atom is 0.185 e. The maximum atomic E-state index is 5.55. The van der Waals surface area contributed by atoms with Gasteiger partial charge < -0.3 is 15.0 Å². The number of ether oxygens (including phenoxy) is 1. The summed E-state index contributed by atoms with van der Waals surface area (Å²) in [7, 11) is 0. The largest absolute Gasteiger partial charge is 0.380 e. The first-order valence-electron chi connectivity index (χ1n) is 8.06. The number of nitrogens with one attached hydrogen (secondary N) is 1. The monoisotopic (exact) mass is 311 g/mol. The summed E-state index contributed by atoms with van der Waals surface area (Å²) in [5, 5.41) is 4.77. The van der Waals surface area contributed by atoms with Crippen LogP contribution in [0.3, 0.4) is 0 Å². The molecule has 1 saturated heterocycles. The highest BCUT2D eigenvalue weighted by molar-refractivity contribution is 7.15. The van der Waals surface area contributed by atoms with Crippen molar-refractivity contribution in [1.82, 2.24) is 10.3 Å². The van der Waals surface area contributed by atoms with Crippen molar-refractivity contribution in [2.45, 2.75) is 59.0 Å². The summed E-state index contributed by atoms with van der Waals surface area (Å²) in [6.45, 7) is 13.5. The summed E-state index contributed by atoms with van der Waals surface area (Å²) in [5.74, 6) is 0. The van der Waals surface area contributed by atoms with Crippen molar-refractivity contribution in [3.63, 3.8) is 0 Å². The van der Waals surface area contributed by atoms with Gasteiger partial charge in [-0.25, -0.2) is 4.98 Å². The number of anilines is 1. The lowest BCUT2D eigenvalue weighted by Gasteiger charge is -2.20. The summed E-state index contributed by atoms with van der Waals surface area (Å²) in [5.41, 5.74) is 1.42. The average Bonchev–Trinajstić information content (AvgIpc) is 2.63. The molecule has 0 radical (unpaired) electrons. The Bertz CT molecular complexity index is 431. The van der Waals surface area contributed by atoms with Crippen LogP contribution >= 0.6 is 11.3 Å². The Hall–Kier alpha value is -0.650. The fourth-order valence-electron chi connectivity index (χ4n) is 2.36. The van der Waals surface area contributed by atoms with E-state index in [1.54, 1.807) is 0 Å². The minimum absolute atomic E-state index is 0.143. The van der Waals surface area contributed by atoms with Gasteiger partial charge in [0.15, 0.2) is 5.13 Å². The van der Waals surface area contributed by atoms with Gasteiger partial charge in [-0.15, -0.1) is 11.3 Å². The lowest BCUT2D eigenvalue weighted by Crippen LogP contribution is -2.35. The molecule has 0 aromatic carbocycles. The van der Waals surface area contributed by atoms with E-state index in [1.165, 1.54) is 15.7 Å². The molecular formula is C16H29N3OS. The first-order valence-corrected chi connectivity index (χ1v) is 8.87. The summed E-state index contributed by atoms with van der Waals surface area (Å²) < 4.78 is 5.55. The zero-order valence-corrected chi connectivity index (χ0v) is 14.7. The molecule has 21 heavy (non-hydrogen) atoms. The van der Waals surface area contributed by atoms with Gasteiger partial charge in [-0.1, -0.05) is 13.3 Å². The Morgan fingerprint density at radius 2 is 2.10 bits per heavy atom. The normalized spacial score (nSPS) is 17.0. The summed E-state index contributed by atoms with van der Waals surface area (Å²) in [4.78, 5) is 8.70. The van der Waals surface area contributed by atoms with Gasteiger partial charge in [0.1, 0.15) is 0 Å². The molecule has 0 atom stereocenters. The van der Waals surface area contributed by atoms with Crippen LogP contribution in [0.4, 0.5) is 5.13 Å². The maximum absolute atomic E-state index is 5.55. The highest BCUT2D eigenvalue weighted by Gasteiger charge is 2.18. The van der Waals surface area contributed by atoms with Crippen molar-refractivity contribution in [2.75, 3.05) is 31.2 Å². The zero-order valence-electron chi connectivity index (χ0n) is 13.9. The first-order chi connectivity index (χ1) is 9.99. The number of hydrogen-bond donors (Lipinski definition) is 1. The van der Waals surface area contributed by atoms with Crippen molar-refractivity contribution < 1.29 is 4.74 Å². The van der Waals surface area contributed by atoms with Crippen molar-refractivity contribution in [3.05, 3.63) is 10.6 Å². The van der Waals surface area contributed by atoms with Crippen molar-refractivity contribution >= 4 is 16.5 Å². The van der Waals surface area contributed by atoms with Gasteiger partial charge in [-0.3, -0.25) is 0 Å². The third-order valence-corrected chi connectivity index (χ3v) is 4.68. The molecule has 120 valence electrons. The molecule has 0 unspecified atom stereocenters. The number of aryl methyl sites for hydroxylation is 1. The van der Waals surface area contributed by atoms with Crippen LogP contribution in [0, 0.1) is 0 Å². The molecule has 1 N–H and O–H groups in total. The predicted octanol–water partition coefficient (Wildman–Crippen LogP) is 3.21. The Morgan fingerprint density at radius 3 is 2.81 bits per heavy atom. The van der Waals surface area contributed by atoms with E-state index in [9.17, 15) is 0 Å². The fraction of sp³-hybridized carbons (Fsp3) is 0.812. The topological polar surface area (TPSA) is 37.4 Å². The highest BCUT2D eigenvalue weighted by Crippen LogP contribution is 2.28. The quantitative estimate of drug-likeness (QED) is 0.906. The van der Waals surface area contributed by atoms with Crippen LogP contribution in [0.5, 0.6) is 0 Å². The molecule has 4 nitrogen and oxygen atoms in total. The second-order valence-electron chi connectivity index (χ2n) is 6.67. The van der Waals surface area contributed by atoms with Crippen LogP contribution in [0.1, 0.15) is 51.1 Å². The average molecular weight is 311 g/mol. The minimum atomic E-state index is 0.143. The molecule has 0 saturated carbocycles. The van der Waals surface area contributed by atoms with E-state index < -0.39 is 0 Å². The van der Waals surface area contributed by atoms with Gasteiger partial charge in [0.05, 0.1) is 12.3 Å². The molecular weight excluding hydrogens is 282 g/mol. The number of nitrogens with zero attached hydrogens (tertiary/aromatic N) is 2.